The monoisotopic (exact) mass is 763 g/mol. The van der Waals surface area contributed by atoms with Crippen molar-refractivity contribution in [2.45, 2.75) is 12.5 Å². The van der Waals surface area contributed by atoms with Crippen molar-refractivity contribution in [3.63, 3.8) is 0 Å². The van der Waals surface area contributed by atoms with Gasteiger partial charge < -0.3 is 51.1 Å². The van der Waals surface area contributed by atoms with Crippen molar-refractivity contribution in [2.24, 2.45) is 0 Å². The first-order valence-electron chi connectivity index (χ1n) is 16.5. The molecule has 4 aromatic rings. The maximum Gasteiger partial charge on any atom is 0.339 e. The Kier molecular flexibility index (Phi) is 14.1. The van der Waals surface area contributed by atoms with Crippen molar-refractivity contribution in [2.75, 3.05) is 49.1 Å². The smallest absolute Gasteiger partial charge is 0.339 e. The first-order valence-corrected chi connectivity index (χ1v) is 16.5. The van der Waals surface area contributed by atoms with Crippen LogP contribution in [0, 0.1) is 11.3 Å². The minimum Gasteiger partial charge on any atom is -0.491 e. The standard InChI is InChI=1S/C39H37N7O10/c1-5-19-55-31-25(36(48)45-28-16-13-26(39(51)52)32(34(28)54-4)56-20-6-2)12-15-27(33(31)53-3)44-35(47)22-7-10-24(11-8-22)43-38(50)30(17-18-40)46-37(49)29-14-9-23(41)21-42-29/h5-16,21,30H,1-2,17,19-20,41H2,3-4H3,(H,43,50)(H,44,47)(H,45,48)(H,46,49)(H,51,52). The van der Waals surface area contributed by atoms with Gasteiger partial charge >= 0.3 is 5.97 Å². The average molecular weight is 764 g/mol. The summed E-state index contributed by atoms with van der Waals surface area (Å²) in [6.45, 7) is 7.14. The van der Waals surface area contributed by atoms with E-state index in [0.717, 1.165) is 0 Å². The summed E-state index contributed by atoms with van der Waals surface area (Å²) in [6, 6.07) is 14.7. The Morgan fingerprint density at radius 1 is 0.786 bits per heavy atom. The summed E-state index contributed by atoms with van der Waals surface area (Å²) in [5, 5.41) is 29.4. The lowest BCUT2D eigenvalue weighted by Crippen LogP contribution is -2.43. The Morgan fingerprint density at radius 3 is 1.88 bits per heavy atom. The van der Waals surface area contributed by atoms with E-state index in [0.29, 0.717) is 5.69 Å². The lowest BCUT2D eigenvalue weighted by atomic mass is 10.1. The number of carboxylic acid groups (broad SMARTS) is 1. The average Bonchev–Trinajstić information content (AvgIpc) is 3.19. The minimum atomic E-state index is -1.28. The van der Waals surface area contributed by atoms with Crippen LogP contribution in [0.2, 0.25) is 0 Å². The van der Waals surface area contributed by atoms with E-state index < -0.39 is 35.6 Å². The molecule has 1 heterocycles. The molecule has 1 aromatic heterocycles. The molecule has 0 radical (unpaired) electrons. The third kappa shape index (κ3) is 9.96. The molecule has 0 aliphatic heterocycles. The highest BCUT2D eigenvalue weighted by Crippen LogP contribution is 2.42. The number of aromatic nitrogens is 1. The second kappa shape index (κ2) is 19.3. The van der Waals surface area contributed by atoms with Crippen LogP contribution in [0.4, 0.5) is 22.7 Å². The Bertz CT molecular complexity index is 2180. The van der Waals surface area contributed by atoms with Gasteiger partial charge in [-0.25, -0.2) is 9.78 Å². The van der Waals surface area contributed by atoms with Gasteiger partial charge in [-0.2, -0.15) is 5.26 Å². The lowest BCUT2D eigenvalue weighted by Gasteiger charge is -2.19. The quantitative estimate of drug-likeness (QED) is 0.0755. The summed E-state index contributed by atoms with van der Waals surface area (Å²) in [5.41, 5.74) is 6.42. The Morgan fingerprint density at radius 2 is 1.36 bits per heavy atom. The molecule has 1 unspecified atom stereocenters. The van der Waals surface area contributed by atoms with Gasteiger partial charge in [0.15, 0.2) is 23.0 Å². The van der Waals surface area contributed by atoms with Gasteiger partial charge in [-0.3, -0.25) is 19.2 Å². The van der Waals surface area contributed by atoms with E-state index in [1.807, 2.05) is 6.07 Å². The van der Waals surface area contributed by atoms with Gasteiger partial charge in [-0.15, -0.1) is 0 Å². The normalized spacial score (nSPS) is 10.7. The number of nitriles is 1. The highest BCUT2D eigenvalue weighted by atomic mass is 16.5. The Hall–Kier alpha value is -7.87. The molecule has 7 N–H and O–H groups in total. The largest absolute Gasteiger partial charge is 0.491 e. The molecule has 4 amide bonds. The third-order valence-electron chi connectivity index (χ3n) is 7.65. The number of aromatic carboxylic acids is 1. The highest BCUT2D eigenvalue weighted by Gasteiger charge is 2.26. The molecule has 0 aliphatic carbocycles. The summed E-state index contributed by atoms with van der Waals surface area (Å²) < 4.78 is 22.4. The first-order chi connectivity index (χ1) is 26.9. The van der Waals surface area contributed by atoms with E-state index in [1.54, 1.807) is 0 Å². The molecule has 17 heteroatoms. The molecule has 4 rings (SSSR count). The van der Waals surface area contributed by atoms with Gasteiger partial charge in [0.1, 0.15) is 30.5 Å². The number of ether oxygens (including phenoxy) is 4. The van der Waals surface area contributed by atoms with Gasteiger partial charge in [-0.1, -0.05) is 25.3 Å². The Balaban J connectivity index is 1.53. The molecular weight excluding hydrogens is 726 g/mol. The number of carbonyl (C=O) groups excluding carboxylic acids is 4. The van der Waals surface area contributed by atoms with E-state index in [1.165, 1.54) is 93.2 Å². The third-order valence-corrected chi connectivity index (χ3v) is 7.65. The zero-order valence-electron chi connectivity index (χ0n) is 30.2. The van der Waals surface area contributed by atoms with Crippen LogP contribution in [0.15, 0.2) is 92.2 Å². The number of amides is 4. The fraction of sp³-hybridized carbons (Fsp3) is 0.154. The number of hydrogen-bond donors (Lipinski definition) is 6. The molecule has 3 aromatic carbocycles. The van der Waals surface area contributed by atoms with Crippen molar-refractivity contribution in [1.82, 2.24) is 10.3 Å². The molecule has 0 saturated carbocycles. The molecular formula is C39H37N7O10. The van der Waals surface area contributed by atoms with Crippen molar-refractivity contribution >= 4 is 52.3 Å². The van der Waals surface area contributed by atoms with Gasteiger partial charge in [0.2, 0.25) is 5.91 Å². The number of carbonyl (C=O) groups is 5. The number of methoxy groups -OCH3 is 2. The predicted octanol–water partition coefficient (Wildman–Crippen LogP) is 4.66. The van der Waals surface area contributed by atoms with Crippen LogP contribution in [-0.2, 0) is 4.79 Å². The molecule has 17 nitrogen and oxygen atoms in total. The maximum atomic E-state index is 13.7. The number of rotatable bonds is 18. The van der Waals surface area contributed by atoms with E-state index in [4.69, 9.17) is 24.7 Å². The number of pyridine rings is 1. The topological polar surface area (TPSA) is 253 Å². The van der Waals surface area contributed by atoms with Crippen molar-refractivity contribution in [3.05, 3.63) is 115 Å². The van der Waals surface area contributed by atoms with Gasteiger partial charge in [0.05, 0.1) is 55.5 Å². The fourth-order valence-corrected chi connectivity index (χ4v) is 5.04. The summed E-state index contributed by atoms with van der Waals surface area (Å²) in [6.07, 6.45) is 3.82. The zero-order valence-corrected chi connectivity index (χ0v) is 30.2. The number of nitrogens with one attached hydrogen (secondary N) is 4. The molecule has 0 bridgehead atoms. The molecule has 0 saturated heterocycles. The summed E-state index contributed by atoms with van der Waals surface area (Å²) in [5.74, 6) is -4.13. The second-order valence-electron chi connectivity index (χ2n) is 11.4. The molecule has 1 atom stereocenters. The van der Waals surface area contributed by atoms with Crippen LogP contribution in [0.5, 0.6) is 23.0 Å². The molecule has 0 spiro atoms. The Labute approximate surface area is 320 Å². The number of nitrogens with zero attached hydrogens (tertiary/aromatic N) is 2. The number of carboxylic acids is 1. The lowest BCUT2D eigenvalue weighted by molar-refractivity contribution is -0.117. The predicted molar refractivity (Wildman–Crippen MR) is 205 cm³/mol. The van der Waals surface area contributed by atoms with Crippen molar-refractivity contribution < 1.29 is 48.0 Å². The highest BCUT2D eigenvalue weighted by molar-refractivity contribution is 6.10. The van der Waals surface area contributed by atoms with Gasteiger partial charge in [-0.05, 0) is 60.7 Å². The van der Waals surface area contributed by atoms with Crippen LogP contribution in [0.1, 0.15) is 48.0 Å². The second-order valence-corrected chi connectivity index (χ2v) is 11.4. The summed E-state index contributed by atoms with van der Waals surface area (Å²) in [7, 11) is 2.60. The van der Waals surface area contributed by atoms with E-state index in [9.17, 15) is 34.3 Å². The molecule has 288 valence electrons. The van der Waals surface area contributed by atoms with E-state index >= 15 is 0 Å². The number of hydrogen-bond acceptors (Lipinski definition) is 12. The van der Waals surface area contributed by atoms with Crippen molar-refractivity contribution in [1.29, 1.82) is 5.26 Å². The van der Waals surface area contributed by atoms with Crippen LogP contribution in [0.3, 0.4) is 0 Å². The van der Waals surface area contributed by atoms with Gasteiger partial charge in [0, 0.05) is 11.3 Å². The number of nitrogen functional groups attached to an aromatic ring is 1. The number of benzene rings is 3. The molecule has 0 aliphatic rings. The van der Waals surface area contributed by atoms with Crippen LogP contribution < -0.4 is 45.9 Å². The number of anilines is 4. The van der Waals surface area contributed by atoms with E-state index in [-0.39, 0.29) is 82.1 Å². The summed E-state index contributed by atoms with van der Waals surface area (Å²) in [4.78, 5) is 68.4. The minimum absolute atomic E-state index is 0.000295. The van der Waals surface area contributed by atoms with E-state index in [2.05, 4.69) is 39.4 Å². The molecule has 0 fully saturated rings. The zero-order chi connectivity index (χ0) is 40.8. The van der Waals surface area contributed by atoms with Crippen LogP contribution >= 0.6 is 0 Å². The molecule has 56 heavy (non-hydrogen) atoms. The van der Waals surface area contributed by atoms with Crippen LogP contribution in [0.25, 0.3) is 0 Å². The van der Waals surface area contributed by atoms with Gasteiger partial charge in [0.25, 0.3) is 17.7 Å². The fourth-order valence-electron chi connectivity index (χ4n) is 5.04. The summed E-state index contributed by atoms with van der Waals surface area (Å²) >= 11 is 0. The SMILES string of the molecule is C=CCOc1c(C(=O)O)ccc(NC(=O)c2ccc(NC(=O)c3ccc(NC(=O)C(CC#N)NC(=O)c4ccc(N)cn4)cc3)c(OC)c2OCC=C)c1OC. The first kappa shape index (κ1) is 40.9. The van der Waals surface area contributed by atoms with Crippen molar-refractivity contribution in [3.8, 4) is 29.1 Å². The maximum absolute atomic E-state index is 13.7. The van der Waals surface area contributed by atoms with Crippen LogP contribution in [-0.4, -0.2) is 73.2 Å². The number of nitrogens with two attached hydrogens (primary N) is 1.